The number of hydrogen-bond donors (Lipinski definition) is 1. The summed E-state index contributed by atoms with van der Waals surface area (Å²) in [7, 11) is 0. The van der Waals surface area contributed by atoms with E-state index in [0.29, 0.717) is 0 Å². The Labute approximate surface area is 102 Å². The highest BCUT2D eigenvalue weighted by molar-refractivity contribution is 5.79. The standard InChI is InChI=1S/C15H19NO/c1-3-9-15(17,4-2)13-7-8-14-12(11-13)6-5-10-16-14/h5-8,10-11,17H,3-4,9H2,1-2H3. The first-order chi connectivity index (χ1) is 8.19. The third kappa shape index (κ3) is 2.32. The van der Waals surface area contributed by atoms with Crippen molar-refractivity contribution in [2.45, 2.75) is 38.7 Å². The van der Waals surface area contributed by atoms with Gasteiger partial charge >= 0.3 is 0 Å². The lowest BCUT2D eigenvalue weighted by Gasteiger charge is -2.27. The minimum absolute atomic E-state index is 0.696. The van der Waals surface area contributed by atoms with Crippen LogP contribution in [0.4, 0.5) is 0 Å². The van der Waals surface area contributed by atoms with E-state index in [0.717, 1.165) is 35.7 Å². The molecule has 0 aliphatic rings. The Morgan fingerprint density at radius 3 is 2.76 bits per heavy atom. The van der Waals surface area contributed by atoms with Gasteiger partial charge in [0.1, 0.15) is 0 Å². The zero-order valence-corrected chi connectivity index (χ0v) is 10.5. The van der Waals surface area contributed by atoms with Crippen molar-refractivity contribution in [3.8, 4) is 0 Å². The molecule has 0 aliphatic carbocycles. The lowest BCUT2D eigenvalue weighted by Crippen LogP contribution is -2.24. The number of hydrogen-bond acceptors (Lipinski definition) is 2. The van der Waals surface area contributed by atoms with Crippen LogP contribution in [-0.4, -0.2) is 10.1 Å². The SMILES string of the molecule is CCCC(O)(CC)c1ccc2ncccc2c1. The zero-order chi connectivity index (χ0) is 12.3. The molecular weight excluding hydrogens is 210 g/mol. The monoisotopic (exact) mass is 229 g/mol. The number of fused-ring (bicyclic) bond motifs is 1. The molecule has 1 aromatic carbocycles. The Balaban J connectivity index is 2.47. The lowest BCUT2D eigenvalue weighted by molar-refractivity contribution is 0.0227. The predicted molar refractivity (Wildman–Crippen MR) is 70.8 cm³/mol. The average molecular weight is 229 g/mol. The first kappa shape index (κ1) is 12.1. The van der Waals surface area contributed by atoms with Crippen LogP contribution in [0.5, 0.6) is 0 Å². The van der Waals surface area contributed by atoms with E-state index in [1.54, 1.807) is 6.20 Å². The van der Waals surface area contributed by atoms with E-state index >= 15 is 0 Å². The predicted octanol–water partition coefficient (Wildman–Crippen LogP) is 3.63. The van der Waals surface area contributed by atoms with Crippen molar-refractivity contribution in [3.63, 3.8) is 0 Å². The number of benzene rings is 1. The molecule has 2 heteroatoms. The van der Waals surface area contributed by atoms with Gasteiger partial charge in [-0.1, -0.05) is 32.4 Å². The molecule has 1 N–H and O–H groups in total. The van der Waals surface area contributed by atoms with Crippen LogP contribution in [0.3, 0.4) is 0 Å². The third-order valence-corrected chi connectivity index (χ3v) is 3.39. The molecular formula is C15H19NO. The summed E-state index contributed by atoms with van der Waals surface area (Å²) in [6, 6.07) is 10.0. The van der Waals surface area contributed by atoms with Crippen LogP contribution in [0.25, 0.3) is 10.9 Å². The van der Waals surface area contributed by atoms with Crippen molar-refractivity contribution in [3.05, 3.63) is 42.1 Å². The van der Waals surface area contributed by atoms with Gasteiger partial charge in [-0.3, -0.25) is 4.98 Å². The van der Waals surface area contributed by atoms with Gasteiger partial charge in [-0.05, 0) is 36.6 Å². The molecule has 1 heterocycles. The van der Waals surface area contributed by atoms with Gasteiger partial charge in [-0.15, -0.1) is 0 Å². The van der Waals surface area contributed by atoms with Gasteiger partial charge in [0.15, 0.2) is 0 Å². The smallest absolute Gasteiger partial charge is 0.0894 e. The van der Waals surface area contributed by atoms with Crippen LogP contribution in [-0.2, 0) is 5.60 Å². The Kier molecular flexibility index (Phi) is 3.43. The lowest BCUT2D eigenvalue weighted by atomic mass is 9.86. The Morgan fingerprint density at radius 2 is 2.06 bits per heavy atom. The molecule has 0 amide bonds. The molecule has 0 spiro atoms. The molecule has 2 nitrogen and oxygen atoms in total. The molecule has 0 fully saturated rings. The van der Waals surface area contributed by atoms with Gasteiger partial charge in [0.25, 0.3) is 0 Å². The van der Waals surface area contributed by atoms with Gasteiger partial charge in [-0.2, -0.15) is 0 Å². The van der Waals surface area contributed by atoms with Crippen molar-refractivity contribution in [2.24, 2.45) is 0 Å². The fourth-order valence-corrected chi connectivity index (χ4v) is 2.30. The molecule has 2 rings (SSSR count). The minimum atomic E-state index is -0.696. The Bertz CT molecular complexity index is 509. The fourth-order valence-electron chi connectivity index (χ4n) is 2.30. The average Bonchev–Trinajstić information content (AvgIpc) is 2.38. The van der Waals surface area contributed by atoms with E-state index in [9.17, 15) is 5.11 Å². The minimum Gasteiger partial charge on any atom is -0.385 e. The van der Waals surface area contributed by atoms with Crippen molar-refractivity contribution in [2.75, 3.05) is 0 Å². The number of aliphatic hydroxyl groups is 1. The molecule has 1 aromatic heterocycles. The fraction of sp³-hybridized carbons (Fsp3) is 0.400. The highest BCUT2D eigenvalue weighted by Crippen LogP contribution is 2.31. The number of rotatable bonds is 4. The molecule has 2 aromatic rings. The zero-order valence-electron chi connectivity index (χ0n) is 10.5. The normalized spacial score (nSPS) is 14.8. The van der Waals surface area contributed by atoms with E-state index < -0.39 is 5.60 Å². The molecule has 90 valence electrons. The second kappa shape index (κ2) is 4.84. The van der Waals surface area contributed by atoms with E-state index in [-0.39, 0.29) is 0 Å². The molecule has 1 atom stereocenters. The maximum atomic E-state index is 10.6. The molecule has 17 heavy (non-hydrogen) atoms. The highest BCUT2D eigenvalue weighted by atomic mass is 16.3. The maximum Gasteiger partial charge on any atom is 0.0894 e. The summed E-state index contributed by atoms with van der Waals surface area (Å²) in [6.07, 6.45) is 4.32. The van der Waals surface area contributed by atoms with Crippen molar-refractivity contribution in [1.82, 2.24) is 4.98 Å². The summed E-state index contributed by atoms with van der Waals surface area (Å²) in [5.74, 6) is 0. The molecule has 0 saturated carbocycles. The summed E-state index contributed by atoms with van der Waals surface area (Å²) < 4.78 is 0. The largest absolute Gasteiger partial charge is 0.385 e. The van der Waals surface area contributed by atoms with Crippen molar-refractivity contribution in [1.29, 1.82) is 0 Å². The van der Waals surface area contributed by atoms with Crippen LogP contribution in [0.1, 0.15) is 38.7 Å². The summed E-state index contributed by atoms with van der Waals surface area (Å²) >= 11 is 0. The number of aromatic nitrogens is 1. The van der Waals surface area contributed by atoms with E-state index in [1.165, 1.54) is 0 Å². The van der Waals surface area contributed by atoms with Crippen molar-refractivity contribution >= 4 is 10.9 Å². The summed E-state index contributed by atoms with van der Waals surface area (Å²) in [5.41, 5.74) is 1.28. The summed E-state index contributed by atoms with van der Waals surface area (Å²) in [5, 5.41) is 11.7. The van der Waals surface area contributed by atoms with E-state index in [1.807, 2.05) is 31.2 Å². The van der Waals surface area contributed by atoms with E-state index in [2.05, 4.69) is 18.0 Å². The van der Waals surface area contributed by atoms with Crippen LogP contribution in [0.2, 0.25) is 0 Å². The van der Waals surface area contributed by atoms with Gasteiger partial charge in [0, 0.05) is 11.6 Å². The molecule has 0 aliphatic heterocycles. The first-order valence-electron chi connectivity index (χ1n) is 6.27. The number of pyridine rings is 1. The maximum absolute atomic E-state index is 10.6. The second-order valence-corrected chi connectivity index (χ2v) is 4.55. The Hall–Kier alpha value is -1.41. The van der Waals surface area contributed by atoms with Gasteiger partial charge < -0.3 is 5.11 Å². The van der Waals surface area contributed by atoms with Gasteiger partial charge in [0.05, 0.1) is 11.1 Å². The third-order valence-electron chi connectivity index (χ3n) is 3.39. The first-order valence-corrected chi connectivity index (χ1v) is 6.27. The van der Waals surface area contributed by atoms with Crippen LogP contribution < -0.4 is 0 Å². The second-order valence-electron chi connectivity index (χ2n) is 4.55. The molecule has 1 unspecified atom stereocenters. The van der Waals surface area contributed by atoms with Crippen molar-refractivity contribution < 1.29 is 5.11 Å². The van der Waals surface area contributed by atoms with Crippen LogP contribution in [0.15, 0.2) is 36.5 Å². The topological polar surface area (TPSA) is 33.1 Å². The van der Waals surface area contributed by atoms with Crippen LogP contribution >= 0.6 is 0 Å². The molecule has 0 saturated heterocycles. The van der Waals surface area contributed by atoms with Crippen LogP contribution in [0, 0.1) is 0 Å². The van der Waals surface area contributed by atoms with E-state index in [4.69, 9.17) is 0 Å². The summed E-state index contributed by atoms with van der Waals surface area (Å²) in [4.78, 5) is 4.29. The highest BCUT2D eigenvalue weighted by Gasteiger charge is 2.25. The quantitative estimate of drug-likeness (QED) is 0.868. The van der Waals surface area contributed by atoms with Gasteiger partial charge in [0.2, 0.25) is 0 Å². The molecule has 0 radical (unpaired) electrons. The molecule has 0 bridgehead atoms. The number of nitrogens with zero attached hydrogens (tertiary/aromatic N) is 1. The van der Waals surface area contributed by atoms with Gasteiger partial charge in [-0.25, -0.2) is 0 Å². The summed E-state index contributed by atoms with van der Waals surface area (Å²) in [6.45, 7) is 4.13. The Morgan fingerprint density at radius 1 is 1.24 bits per heavy atom.